The predicted molar refractivity (Wildman–Crippen MR) is 45.1 cm³/mol. The molecule has 0 atom stereocenters. The van der Waals surface area contributed by atoms with Crippen molar-refractivity contribution in [3.63, 3.8) is 0 Å². The van der Waals surface area contributed by atoms with E-state index in [1.807, 2.05) is 4.98 Å². The first-order chi connectivity index (χ1) is 6.07. The van der Waals surface area contributed by atoms with E-state index in [0.29, 0.717) is 0 Å². The number of aldehydes is 1. The van der Waals surface area contributed by atoms with Crippen molar-refractivity contribution < 1.29 is 13.6 Å². The standard InChI is InChI=1S/C7H4BrF2NO2/c8-5-3(6(9)10)1-11-7(13)4(5)2-12/h1-2,6H,(H,11,13). The third-order valence-electron chi connectivity index (χ3n) is 1.45. The van der Waals surface area contributed by atoms with E-state index in [1.54, 1.807) is 0 Å². The van der Waals surface area contributed by atoms with Crippen LogP contribution in [-0.2, 0) is 0 Å². The molecule has 0 saturated heterocycles. The summed E-state index contributed by atoms with van der Waals surface area (Å²) in [7, 11) is 0. The fraction of sp³-hybridized carbons (Fsp3) is 0.143. The molecule has 0 spiro atoms. The summed E-state index contributed by atoms with van der Waals surface area (Å²) in [5.74, 6) is 0. The molecule has 3 nitrogen and oxygen atoms in total. The predicted octanol–water partition coefficient (Wildman–Crippen LogP) is 1.89. The number of aromatic amines is 1. The number of aromatic nitrogens is 1. The van der Waals surface area contributed by atoms with Crippen LogP contribution in [0.2, 0.25) is 0 Å². The van der Waals surface area contributed by atoms with E-state index in [2.05, 4.69) is 15.9 Å². The summed E-state index contributed by atoms with van der Waals surface area (Å²) in [6.07, 6.45) is -1.62. The van der Waals surface area contributed by atoms with Crippen LogP contribution in [0.5, 0.6) is 0 Å². The number of alkyl halides is 2. The van der Waals surface area contributed by atoms with Gasteiger partial charge in [0.25, 0.3) is 12.0 Å². The van der Waals surface area contributed by atoms with Gasteiger partial charge < -0.3 is 4.98 Å². The van der Waals surface area contributed by atoms with Gasteiger partial charge in [-0.3, -0.25) is 9.59 Å². The van der Waals surface area contributed by atoms with Gasteiger partial charge >= 0.3 is 0 Å². The molecule has 0 aromatic carbocycles. The largest absolute Gasteiger partial charge is 0.328 e. The minimum Gasteiger partial charge on any atom is -0.328 e. The lowest BCUT2D eigenvalue weighted by Gasteiger charge is -2.03. The molecule has 1 aromatic rings. The van der Waals surface area contributed by atoms with Crippen molar-refractivity contribution in [3.05, 3.63) is 32.2 Å². The fourth-order valence-corrected chi connectivity index (χ4v) is 1.36. The Morgan fingerprint density at radius 1 is 1.54 bits per heavy atom. The zero-order chi connectivity index (χ0) is 10.0. The highest BCUT2D eigenvalue weighted by molar-refractivity contribution is 9.10. The third kappa shape index (κ3) is 1.82. The quantitative estimate of drug-likeness (QED) is 0.817. The molecule has 0 unspecified atom stereocenters. The molecule has 0 aliphatic heterocycles. The van der Waals surface area contributed by atoms with Crippen LogP contribution in [0.3, 0.4) is 0 Å². The fourth-order valence-electron chi connectivity index (χ4n) is 0.804. The van der Waals surface area contributed by atoms with E-state index in [0.717, 1.165) is 6.20 Å². The molecule has 1 aromatic heterocycles. The Bertz CT molecular complexity index is 389. The summed E-state index contributed by atoms with van der Waals surface area (Å²) in [5, 5.41) is 0. The zero-order valence-electron chi connectivity index (χ0n) is 6.18. The molecular weight excluding hydrogens is 248 g/mol. The van der Waals surface area contributed by atoms with Gasteiger partial charge in [-0.2, -0.15) is 0 Å². The number of pyridine rings is 1. The van der Waals surface area contributed by atoms with Crippen molar-refractivity contribution >= 4 is 22.2 Å². The van der Waals surface area contributed by atoms with Crippen molar-refractivity contribution in [1.29, 1.82) is 0 Å². The van der Waals surface area contributed by atoms with Gasteiger partial charge in [0.05, 0.1) is 5.56 Å². The average Bonchev–Trinajstić information content (AvgIpc) is 2.04. The number of rotatable bonds is 2. The number of halogens is 3. The maximum absolute atomic E-state index is 12.2. The van der Waals surface area contributed by atoms with Crippen LogP contribution < -0.4 is 5.56 Å². The molecule has 1 heterocycles. The summed E-state index contributed by atoms with van der Waals surface area (Å²) in [6, 6.07) is 0. The highest BCUT2D eigenvalue weighted by Crippen LogP contribution is 2.26. The van der Waals surface area contributed by atoms with Crippen LogP contribution in [-0.4, -0.2) is 11.3 Å². The number of nitrogens with one attached hydrogen (secondary N) is 1. The van der Waals surface area contributed by atoms with E-state index in [-0.39, 0.29) is 16.3 Å². The van der Waals surface area contributed by atoms with Crippen molar-refractivity contribution in [2.75, 3.05) is 0 Å². The second kappa shape index (κ2) is 3.78. The van der Waals surface area contributed by atoms with Gasteiger partial charge in [0, 0.05) is 16.2 Å². The molecule has 1 rings (SSSR count). The van der Waals surface area contributed by atoms with E-state index >= 15 is 0 Å². The highest BCUT2D eigenvalue weighted by Gasteiger charge is 2.16. The Morgan fingerprint density at radius 2 is 2.15 bits per heavy atom. The lowest BCUT2D eigenvalue weighted by molar-refractivity contribution is 0.112. The maximum Gasteiger partial charge on any atom is 0.266 e. The van der Waals surface area contributed by atoms with Gasteiger partial charge in [-0.15, -0.1) is 0 Å². The monoisotopic (exact) mass is 251 g/mol. The SMILES string of the molecule is O=Cc1c(Br)c(C(F)F)c[nH]c1=O. The summed E-state index contributed by atoms with van der Waals surface area (Å²) < 4.78 is 24.3. The van der Waals surface area contributed by atoms with E-state index in [9.17, 15) is 18.4 Å². The zero-order valence-corrected chi connectivity index (χ0v) is 7.77. The summed E-state index contributed by atoms with van der Waals surface area (Å²) in [6.45, 7) is 0. The van der Waals surface area contributed by atoms with E-state index < -0.39 is 17.5 Å². The molecule has 0 bridgehead atoms. The summed E-state index contributed by atoms with van der Waals surface area (Å²) >= 11 is 2.76. The van der Waals surface area contributed by atoms with Crippen LogP contribution in [0.1, 0.15) is 22.3 Å². The molecule has 0 saturated carbocycles. The number of hydrogen-bond donors (Lipinski definition) is 1. The number of H-pyrrole nitrogens is 1. The first-order valence-corrected chi connectivity index (χ1v) is 4.01. The van der Waals surface area contributed by atoms with Gasteiger partial charge in [0.2, 0.25) is 0 Å². The second-order valence-corrected chi connectivity index (χ2v) is 3.01. The summed E-state index contributed by atoms with van der Waals surface area (Å²) in [5.41, 5.74) is -1.41. The summed E-state index contributed by atoms with van der Waals surface area (Å²) in [4.78, 5) is 23.3. The van der Waals surface area contributed by atoms with E-state index in [1.165, 1.54) is 0 Å². The topological polar surface area (TPSA) is 49.9 Å². The van der Waals surface area contributed by atoms with Crippen LogP contribution in [0.15, 0.2) is 15.5 Å². The Labute approximate surface area is 79.9 Å². The van der Waals surface area contributed by atoms with Gasteiger partial charge in [-0.05, 0) is 15.9 Å². The Kier molecular flexibility index (Phi) is 2.92. The van der Waals surface area contributed by atoms with Crippen LogP contribution >= 0.6 is 15.9 Å². The molecule has 0 aliphatic carbocycles. The minimum atomic E-state index is -2.73. The van der Waals surface area contributed by atoms with Crippen molar-refractivity contribution in [3.8, 4) is 0 Å². The first kappa shape index (κ1) is 10.0. The van der Waals surface area contributed by atoms with Crippen LogP contribution in [0.4, 0.5) is 8.78 Å². The molecule has 70 valence electrons. The second-order valence-electron chi connectivity index (χ2n) is 2.22. The molecule has 1 N–H and O–H groups in total. The number of carbonyl (C=O) groups is 1. The van der Waals surface area contributed by atoms with Crippen LogP contribution in [0, 0.1) is 0 Å². The van der Waals surface area contributed by atoms with Crippen molar-refractivity contribution in [2.45, 2.75) is 6.43 Å². The lowest BCUT2D eigenvalue weighted by atomic mass is 10.2. The van der Waals surface area contributed by atoms with Crippen molar-refractivity contribution in [2.24, 2.45) is 0 Å². The molecule has 0 aliphatic rings. The lowest BCUT2D eigenvalue weighted by Crippen LogP contribution is -2.13. The maximum atomic E-state index is 12.2. The van der Waals surface area contributed by atoms with Crippen LogP contribution in [0.25, 0.3) is 0 Å². The first-order valence-electron chi connectivity index (χ1n) is 3.22. The van der Waals surface area contributed by atoms with Gasteiger partial charge in [0.15, 0.2) is 6.29 Å². The van der Waals surface area contributed by atoms with Gasteiger partial charge in [-0.25, -0.2) is 8.78 Å². The van der Waals surface area contributed by atoms with Gasteiger partial charge in [0.1, 0.15) is 0 Å². The Balaban J connectivity index is 3.44. The molecule has 6 heteroatoms. The van der Waals surface area contributed by atoms with Crippen molar-refractivity contribution in [1.82, 2.24) is 4.98 Å². The third-order valence-corrected chi connectivity index (χ3v) is 2.33. The molecule has 0 radical (unpaired) electrons. The van der Waals surface area contributed by atoms with Gasteiger partial charge in [-0.1, -0.05) is 0 Å². The molecule has 13 heavy (non-hydrogen) atoms. The van der Waals surface area contributed by atoms with E-state index in [4.69, 9.17) is 0 Å². The minimum absolute atomic E-state index is 0.152. The molecular formula is C7H4BrF2NO2. The Morgan fingerprint density at radius 3 is 2.62 bits per heavy atom. The number of carbonyl (C=O) groups excluding carboxylic acids is 1. The average molecular weight is 252 g/mol. The normalized spacial score (nSPS) is 10.5. The highest BCUT2D eigenvalue weighted by atomic mass is 79.9. The smallest absolute Gasteiger partial charge is 0.266 e. The molecule has 0 fully saturated rings. The Hall–Kier alpha value is -1.04. The number of hydrogen-bond acceptors (Lipinski definition) is 2. The molecule has 0 amide bonds.